The van der Waals surface area contributed by atoms with E-state index in [2.05, 4.69) is 157 Å². The first-order valence-corrected chi connectivity index (χ1v) is 17.3. The van der Waals surface area contributed by atoms with Crippen LogP contribution < -0.4 is 4.90 Å². The van der Waals surface area contributed by atoms with Gasteiger partial charge in [-0.3, -0.25) is 0 Å². The molecule has 0 unspecified atom stereocenters. The van der Waals surface area contributed by atoms with Crippen LogP contribution in [-0.2, 0) is 0 Å². The Morgan fingerprint density at radius 3 is 1.79 bits per heavy atom. The van der Waals surface area contributed by atoms with E-state index in [1.165, 1.54) is 70.7 Å². The van der Waals surface area contributed by atoms with Crippen LogP contribution in [0.15, 0.2) is 162 Å². The molecule has 0 bridgehead atoms. The zero-order chi connectivity index (χ0) is 31.9. The van der Waals surface area contributed by atoms with E-state index in [0.717, 1.165) is 39.0 Å². The minimum atomic E-state index is 0.670. The van der Waals surface area contributed by atoms with Crippen molar-refractivity contribution < 1.29 is 4.42 Å². The Balaban J connectivity index is 1.18. The molecule has 2 nitrogen and oxygen atoms in total. The molecule has 8 aromatic rings. The summed E-state index contributed by atoms with van der Waals surface area (Å²) in [6.45, 7) is 0. The van der Waals surface area contributed by atoms with E-state index >= 15 is 0 Å². The van der Waals surface area contributed by atoms with Crippen molar-refractivity contribution in [3.05, 3.63) is 163 Å². The van der Waals surface area contributed by atoms with Crippen molar-refractivity contribution in [2.75, 3.05) is 4.90 Å². The number of benzene rings is 7. The number of anilines is 3. The number of rotatable bonds is 6. The Bertz CT molecular complexity index is 2360. The van der Waals surface area contributed by atoms with Crippen molar-refractivity contribution >= 4 is 49.8 Å². The summed E-state index contributed by atoms with van der Waals surface area (Å²) in [6.07, 6.45) is 6.64. The van der Waals surface area contributed by atoms with Crippen molar-refractivity contribution in [3.63, 3.8) is 0 Å². The van der Waals surface area contributed by atoms with Gasteiger partial charge in [-0.2, -0.15) is 0 Å². The SMILES string of the molecule is c1ccc(-c2cccc3cccc(-c4ccc(N(c5ccc(C6CCCCC6)cc5)c5cccc6oc7ccccc7c56)cc4)c23)cc1. The molecule has 48 heavy (non-hydrogen) atoms. The highest BCUT2D eigenvalue weighted by atomic mass is 16.3. The van der Waals surface area contributed by atoms with Crippen LogP contribution in [0.5, 0.6) is 0 Å². The molecule has 1 aliphatic rings. The second-order valence-electron chi connectivity index (χ2n) is 13.1. The Morgan fingerprint density at radius 2 is 1.06 bits per heavy atom. The van der Waals surface area contributed by atoms with Crippen LogP contribution in [0.1, 0.15) is 43.6 Å². The van der Waals surface area contributed by atoms with E-state index in [9.17, 15) is 0 Å². The van der Waals surface area contributed by atoms with Gasteiger partial charge in [0, 0.05) is 16.8 Å². The maximum Gasteiger partial charge on any atom is 0.137 e. The van der Waals surface area contributed by atoms with Crippen molar-refractivity contribution in [1.82, 2.24) is 0 Å². The summed E-state index contributed by atoms with van der Waals surface area (Å²) >= 11 is 0. The van der Waals surface area contributed by atoms with Crippen LogP contribution in [0.4, 0.5) is 17.1 Å². The maximum atomic E-state index is 6.35. The van der Waals surface area contributed by atoms with Crippen molar-refractivity contribution in [3.8, 4) is 22.3 Å². The van der Waals surface area contributed by atoms with Crippen molar-refractivity contribution in [2.24, 2.45) is 0 Å². The number of para-hydroxylation sites is 1. The summed E-state index contributed by atoms with van der Waals surface area (Å²) in [5.41, 5.74) is 11.6. The van der Waals surface area contributed by atoms with Crippen LogP contribution in [-0.4, -0.2) is 0 Å². The summed E-state index contributed by atoms with van der Waals surface area (Å²) in [7, 11) is 0. The molecule has 0 atom stereocenters. The Morgan fingerprint density at radius 1 is 0.458 bits per heavy atom. The van der Waals surface area contributed by atoms with Gasteiger partial charge >= 0.3 is 0 Å². The molecule has 0 radical (unpaired) electrons. The van der Waals surface area contributed by atoms with Crippen LogP contribution in [0.2, 0.25) is 0 Å². The van der Waals surface area contributed by atoms with Crippen LogP contribution in [0, 0.1) is 0 Å². The molecule has 0 spiro atoms. The molecule has 1 heterocycles. The van der Waals surface area contributed by atoms with Gasteiger partial charge in [-0.15, -0.1) is 0 Å². The molecule has 0 N–H and O–H groups in total. The van der Waals surface area contributed by atoms with E-state index in [1.807, 2.05) is 6.07 Å². The lowest BCUT2D eigenvalue weighted by Gasteiger charge is -2.28. The number of hydrogen-bond acceptors (Lipinski definition) is 2. The fourth-order valence-corrected chi connectivity index (χ4v) is 7.93. The summed E-state index contributed by atoms with van der Waals surface area (Å²) in [5, 5.41) is 4.79. The van der Waals surface area contributed by atoms with Gasteiger partial charge in [-0.25, -0.2) is 0 Å². The second kappa shape index (κ2) is 12.2. The van der Waals surface area contributed by atoms with Gasteiger partial charge in [0.05, 0.1) is 11.1 Å². The predicted molar refractivity (Wildman–Crippen MR) is 203 cm³/mol. The molecule has 0 amide bonds. The standard InChI is InChI=1S/C46H37NO/c1-3-12-32(13-4-1)33-24-28-37(29-25-33)47(42-21-11-23-44-46(42)41-18-7-8-22-43(41)48-44)38-30-26-35(27-31-38)40-20-10-17-36-16-9-19-39(45(36)40)34-14-5-2-6-15-34/h2,5-11,14-32H,1,3-4,12-13H2. The molecular weight excluding hydrogens is 583 g/mol. The molecule has 1 aromatic heterocycles. The molecule has 1 saturated carbocycles. The molecule has 1 aliphatic carbocycles. The third kappa shape index (κ3) is 5.05. The van der Waals surface area contributed by atoms with E-state index < -0.39 is 0 Å². The van der Waals surface area contributed by atoms with E-state index in [0.29, 0.717) is 5.92 Å². The average Bonchev–Trinajstić information content (AvgIpc) is 3.55. The fourth-order valence-electron chi connectivity index (χ4n) is 7.93. The normalized spacial score (nSPS) is 13.8. The summed E-state index contributed by atoms with van der Waals surface area (Å²) in [4.78, 5) is 2.40. The molecule has 9 rings (SSSR count). The van der Waals surface area contributed by atoms with Crippen molar-refractivity contribution in [2.45, 2.75) is 38.0 Å². The summed E-state index contributed by atoms with van der Waals surface area (Å²) in [6, 6.07) is 57.2. The number of furan rings is 1. The Labute approximate surface area is 281 Å². The molecule has 0 aliphatic heterocycles. The Hall–Kier alpha value is -5.60. The van der Waals surface area contributed by atoms with Gasteiger partial charge in [0.2, 0.25) is 0 Å². The number of fused-ring (bicyclic) bond motifs is 4. The maximum absolute atomic E-state index is 6.35. The van der Waals surface area contributed by atoms with Gasteiger partial charge in [0.25, 0.3) is 0 Å². The smallest absolute Gasteiger partial charge is 0.137 e. The number of hydrogen-bond donors (Lipinski definition) is 0. The summed E-state index contributed by atoms with van der Waals surface area (Å²) < 4.78 is 6.35. The Kier molecular flexibility index (Phi) is 7.28. The van der Waals surface area contributed by atoms with Gasteiger partial charge in [-0.05, 0) is 99.8 Å². The largest absolute Gasteiger partial charge is 0.456 e. The monoisotopic (exact) mass is 619 g/mol. The quantitative estimate of drug-likeness (QED) is 0.184. The zero-order valence-electron chi connectivity index (χ0n) is 27.0. The van der Waals surface area contributed by atoms with Crippen molar-refractivity contribution in [1.29, 1.82) is 0 Å². The number of nitrogens with zero attached hydrogens (tertiary/aromatic N) is 1. The molecule has 1 fully saturated rings. The highest BCUT2D eigenvalue weighted by Gasteiger charge is 2.21. The van der Waals surface area contributed by atoms with Gasteiger partial charge < -0.3 is 9.32 Å². The minimum Gasteiger partial charge on any atom is -0.456 e. The molecule has 232 valence electrons. The summed E-state index contributed by atoms with van der Waals surface area (Å²) in [5.74, 6) is 0.670. The molecular formula is C46H37NO. The van der Waals surface area contributed by atoms with Gasteiger partial charge in [0.1, 0.15) is 11.2 Å². The zero-order valence-corrected chi connectivity index (χ0v) is 27.0. The molecule has 2 heteroatoms. The third-order valence-corrected chi connectivity index (χ3v) is 10.3. The lowest BCUT2D eigenvalue weighted by Crippen LogP contribution is -2.11. The second-order valence-corrected chi connectivity index (χ2v) is 13.1. The lowest BCUT2D eigenvalue weighted by molar-refractivity contribution is 0.443. The first-order chi connectivity index (χ1) is 23.8. The average molecular weight is 620 g/mol. The topological polar surface area (TPSA) is 16.4 Å². The van der Waals surface area contributed by atoms with Gasteiger partial charge in [0.15, 0.2) is 0 Å². The minimum absolute atomic E-state index is 0.670. The highest BCUT2D eigenvalue weighted by Crippen LogP contribution is 2.44. The lowest BCUT2D eigenvalue weighted by atomic mass is 9.84. The van der Waals surface area contributed by atoms with Gasteiger partial charge in [-0.1, -0.05) is 135 Å². The van der Waals surface area contributed by atoms with Crippen LogP contribution in [0.3, 0.4) is 0 Å². The van der Waals surface area contributed by atoms with E-state index in [4.69, 9.17) is 4.42 Å². The first kappa shape index (κ1) is 28.6. The molecule has 7 aromatic carbocycles. The van der Waals surface area contributed by atoms with E-state index in [1.54, 1.807) is 0 Å². The first-order valence-electron chi connectivity index (χ1n) is 17.3. The molecule has 0 saturated heterocycles. The van der Waals surface area contributed by atoms with Crippen LogP contribution >= 0.6 is 0 Å². The van der Waals surface area contributed by atoms with Crippen LogP contribution in [0.25, 0.3) is 55.0 Å². The fraction of sp³-hybridized carbons (Fsp3) is 0.130. The van der Waals surface area contributed by atoms with E-state index in [-0.39, 0.29) is 0 Å². The third-order valence-electron chi connectivity index (χ3n) is 10.3. The highest BCUT2D eigenvalue weighted by molar-refractivity contribution is 6.13. The predicted octanol–water partition coefficient (Wildman–Crippen LogP) is 13.6.